The fraction of sp³-hybridized carbons (Fsp3) is 0. The van der Waals surface area contributed by atoms with E-state index >= 15 is 0 Å². The van der Waals surface area contributed by atoms with Crippen molar-refractivity contribution in [3.05, 3.63) is 308 Å². The van der Waals surface area contributed by atoms with Gasteiger partial charge < -0.3 is 10.2 Å². The van der Waals surface area contributed by atoms with Crippen LogP contribution in [-0.4, -0.2) is 0 Å². The molecule has 0 atom stereocenters. The first-order chi connectivity index (χ1) is 33.7. The molecule has 10 aromatic rings. The predicted molar refractivity (Wildman–Crippen MR) is 291 cm³/mol. The largest absolute Gasteiger partial charge is 0.362 e. The van der Waals surface area contributed by atoms with E-state index in [0.29, 0.717) is 0 Å². The van der Waals surface area contributed by atoms with Crippen molar-refractivity contribution in [2.45, 2.75) is 0 Å². The number of allylic oxidation sites excluding steroid dienone is 4. The fourth-order valence-electron chi connectivity index (χ4n) is 8.72. The molecule has 0 unspecified atom stereocenters. The molecule has 2 nitrogen and oxygen atoms in total. The molecule has 2 heteroatoms. The molecule has 0 aliphatic carbocycles. The van der Waals surface area contributed by atoms with Crippen LogP contribution in [0.25, 0.3) is 61.7 Å². The van der Waals surface area contributed by atoms with E-state index in [-0.39, 0.29) is 0 Å². The summed E-state index contributed by atoms with van der Waals surface area (Å²) in [5.74, 6) is 0. The minimum absolute atomic E-state index is 1.02. The molecule has 0 heterocycles. The Labute approximate surface area is 400 Å². The molecule has 0 aliphatic heterocycles. The average Bonchev–Trinajstić information content (AvgIpc) is 3.42. The highest BCUT2D eigenvalue weighted by Gasteiger charge is 2.17. The lowest BCUT2D eigenvalue weighted by molar-refractivity contribution is 1.28. The zero-order chi connectivity index (χ0) is 45.7. The summed E-state index contributed by atoms with van der Waals surface area (Å²) in [6.45, 7) is 0. The summed E-state index contributed by atoms with van der Waals surface area (Å²) < 4.78 is 0. The molecule has 10 rings (SSSR count). The molecule has 10 aromatic carbocycles. The van der Waals surface area contributed by atoms with Gasteiger partial charge in [-0.25, -0.2) is 0 Å². The third kappa shape index (κ3) is 10.1. The van der Waals surface area contributed by atoms with E-state index in [2.05, 4.69) is 295 Å². The quantitative estimate of drug-likeness (QED) is 0.0865. The fourth-order valence-corrected chi connectivity index (χ4v) is 8.72. The Morgan fingerprint density at radius 3 is 1.24 bits per heavy atom. The number of para-hydroxylation sites is 1. The van der Waals surface area contributed by atoms with Gasteiger partial charge in [0.1, 0.15) is 0 Å². The van der Waals surface area contributed by atoms with Gasteiger partial charge >= 0.3 is 0 Å². The zero-order valence-corrected chi connectivity index (χ0v) is 37.7. The van der Waals surface area contributed by atoms with Crippen LogP contribution < -0.4 is 10.2 Å². The van der Waals surface area contributed by atoms with Gasteiger partial charge in [0, 0.05) is 28.9 Å². The SMILES string of the molecule is C(=C/c1ccccc1)/C(=C(\C=C\Nc1ccc(-c2ccc(-c3ccc(N(c4ccccc4)c4ccc(-c5ccccc5)c(-c5ccccc5)c4)cc3)cc2)cc1)c1ccccc1)c1ccccc1. The lowest BCUT2D eigenvalue weighted by Crippen LogP contribution is -2.10. The molecule has 0 amide bonds. The molecule has 68 heavy (non-hydrogen) atoms. The van der Waals surface area contributed by atoms with Gasteiger partial charge in [-0.15, -0.1) is 0 Å². The first-order valence-corrected chi connectivity index (χ1v) is 23.2. The van der Waals surface area contributed by atoms with Crippen molar-refractivity contribution < 1.29 is 0 Å². The van der Waals surface area contributed by atoms with Gasteiger partial charge in [0.15, 0.2) is 0 Å². The topological polar surface area (TPSA) is 15.3 Å². The van der Waals surface area contributed by atoms with Crippen LogP contribution in [0.3, 0.4) is 0 Å². The molecule has 1 N–H and O–H groups in total. The zero-order valence-electron chi connectivity index (χ0n) is 37.7. The normalized spacial score (nSPS) is 11.6. The van der Waals surface area contributed by atoms with Crippen LogP contribution in [0.1, 0.15) is 16.7 Å². The monoisotopic (exact) mass is 870 g/mol. The number of anilines is 4. The maximum absolute atomic E-state index is 3.54. The van der Waals surface area contributed by atoms with Crippen molar-refractivity contribution in [3.8, 4) is 44.5 Å². The maximum Gasteiger partial charge on any atom is 0.0468 e. The summed E-state index contributed by atoms with van der Waals surface area (Å²) in [5, 5.41) is 3.54. The maximum atomic E-state index is 3.54. The molecular weight excluding hydrogens is 821 g/mol. The van der Waals surface area contributed by atoms with Gasteiger partial charge in [0.25, 0.3) is 0 Å². The van der Waals surface area contributed by atoms with Crippen LogP contribution in [0.2, 0.25) is 0 Å². The summed E-state index contributed by atoms with van der Waals surface area (Å²) in [6.07, 6.45) is 8.62. The molecule has 0 radical (unpaired) electrons. The highest BCUT2D eigenvalue weighted by molar-refractivity contribution is 6.01. The summed E-state index contributed by atoms with van der Waals surface area (Å²) >= 11 is 0. The van der Waals surface area contributed by atoms with Gasteiger partial charge in [-0.1, -0.05) is 237 Å². The lowest BCUT2D eigenvalue weighted by atomic mass is 9.93. The van der Waals surface area contributed by atoms with Crippen LogP contribution in [0, 0.1) is 0 Å². The number of benzene rings is 10. The van der Waals surface area contributed by atoms with Crippen LogP contribution in [0.5, 0.6) is 0 Å². The van der Waals surface area contributed by atoms with E-state index in [1.54, 1.807) is 0 Å². The third-order valence-electron chi connectivity index (χ3n) is 12.2. The number of nitrogens with one attached hydrogen (secondary N) is 1. The molecule has 0 saturated heterocycles. The first kappa shape index (κ1) is 42.9. The number of hydrogen-bond donors (Lipinski definition) is 1. The molecule has 0 fully saturated rings. The minimum Gasteiger partial charge on any atom is -0.362 e. The molecule has 0 aromatic heterocycles. The number of nitrogens with zero attached hydrogens (tertiary/aromatic N) is 1. The Kier molecular flexibility index (Phi) is 13.2. The summed E-state index contributed by atoms with van der Waals surface area (Å²) in [7, 11) is 0. The van der Waals surface area contributed by atoms with E-state index in [1.165, 1.54) is 38.9 Å². The molecule has 324 valence electrons. The second-order valence-electron chi connectivity index (χ2n) is 16.6. The number of hydrogen-bond acceptors (Lipinski definition) is 2. The van der Waals surface area contributed by atoms with Crippen molar-refractivity contribution in [1.29, 1.82) is 0 Å². The predicted octanol–water partition coefficient (Wildman–Crippen LogP) is 18.1. The second-order valence-corrected chi connectivity index (χ2v) is 16.6. The summed E-state index contributed by atoms with van der Waals surface area (Å²) in [4.78, 5) is 2.34. The molecule has 0 spiro atoms. The van der Waals surface area contributed by atoms with Gasteiger partial charge in [0.2, 0.25) is 0 Å². The van der Waals surface area contributed by atoms with Crippen LogP contribution in [0.15, 0.2) is 291 Å². The van der Waals surface area contributed by atoms with Crippen molar-refractivity contribution in [2.75, 3.05) is 10.2 Å². The smallest absolute Gasteiger partial charge is 0.0468 e. The third-order valence-corrected chi connectivity index (χ3v) is 12.2. The molecule has 0 aliphatic rings. The Balaban J connectivity index is 0.876. The van der Waals surface area contributed by atoms with Crippen LogP contribution in [0.4, 0.5) is 22.7 Å². The van der Waals surface area contributed by atoms with Crippen molar-refractivity contribution in [3.63, 3.8) is 0 Å². The Hall–Kier alpha value is -8.98. The first-order valence-electron chi connectivity index (χ1n) is 23.2. The highest BCUT2D eigenvalue weighted by atomic mass is 15.1. The van der Waals surface area contributed by atoms with E-state index in [0.717, 1.165) is 56.1 Å². The van der Waals surface area contributed by atoms with E-state index in [9.17, 15) is 0 Å². The van der Waals surface area contributed by atoms with E-state index in [1.807, 2.05) is 12.3 Å². The summed E-state index contributed by atoms with van der Waals surface area (Å²) in [5.41, 5.74) is 19.5. The van der Waals surface area contributed by atoms with Crippen molar-refractivity contribution in [2.24, 2.45) is 0 Å². The van der Waals surface area contributed by atoms with Crippen LogP contribution >= 0.6 is 0 Å². The van der Waals surface area contributed by atoms with Gasteiger partial charge in [-0.3, -0.25) is 0 Å². The molecule has 0 saturated carbocycles. The Morgan fingerprint density at radius 2 is 0.706 bits per heavy atom. The van der Waals surface area contributed by atoms with E-state index < -0.39 is 0 Å². The molecular formula is C66H50N2. The standard InChI is InChI=1S/C66H50N2/c1-7-19-50(20-8-1)31-45-63(55-21-9-2-10-22-55)65(57-25-13-4-14-26-57)47-48-67-59-40-36-53(37-41-59)51-32-34-52(35-33-51)54-38-42-61(43-39-54)68(60-29-17-6-18-30-60)62-44-46-64(56-23-11-3-12-24-56)66(49-62)58-27-15-5-16-28-58/h1-49,67H/b45-31-,48-47+,65-63-. The van der Waals surface area contributed by atoms with Crippen molar-refractivity contribution >= 4 is 40.0 Å². The van der Waals surface area contributed by atoms with Crippen LogP contribution in [-0.2, 0) is 0 Å². The van der Waals surface area contributed by atoms with E-state index in [4.69, 9.17) is 0 Å². The highest BCUT2D eigenvalue weighted by Crippen LogP contribution is 2.41. The van der Waals surface area contributed by atoms with Gasteiger partial charge in [0.05, 0.1) is 0 Å². The average molecular weight is 871 g/mol. The van der Waals surface area contributed by atoms with Gasteiger partial charge in [-0.2, -0.15) is 0 Å². The summed E-state index contributed by atoms with van der Waals surface area (Å²) in [6, 6.07) is 96.8. The lowest BCUT2D eigenvalue weighted by Gasteiger charge is -2.27. The Bertz CT molecular complexity index is 3270. The minimum atomic E-state index is 1.02. The van der Waals surface area contributed by atoms with Crippen molar-refractivity contribution in [1.82, 2.24) is 0 Å². The second kappa shape index (κ2) is 20.9. The molecule has 0 bridgehead atoms. The Morgan fingerprint density at radius 1 is 0.309 bits per heavy atom. The van der Waals surface area contributed by atoms with Gasteiger partial charge in [-0.05, 0) is 127 Å². The number of rotatable bonds is 14.